The number of halogens is 3. The third-order valence-corrected chi connectivity index (χ3v) is 4.92. The number of carbonyl (C=O) groups is 1. The standard InChI is InChI=1S/C24H24F3NO4/c1-15(2)20-13-17(4-9-23(20)32-24(25,26)27)14-30-19-7-5-18(6-8-19)21(12-16(3)29)22-10-11-31-28-22/h4-11,13,15,21H,12,14H2,1-3H3/t21-/m0/s1. The van der Waals surface area contributed by atoms with Gasteiger partial charge in [-0.15, -0.1) is 13.2 Å². The minimum atomic E-state index is -4.74. The number of alkyl halides is 3. The van der Waals surface area contributed by atoms with Gasteiger partial charge in [0.2, 0.25) is 0 Å². The number of aromatic nitrogens is 1. The van der Waals surface area contributed by atoms with Gasteiger partial charge in [0.05, 0.1) is 5.69 Å². The van der Waals surface area contributed by atoms with Gasteiger partial charge in [0.1, 0.15) is 30.2 Å². The van der Waals surface area contributed by atoms with E-state index in [1.165, 1.54) is 19.3 Å². The molecule has 1 aromatic heterocycles. The van der Waals surface area contributed by atoms with Gasteiger partial charge in [0.15, 0.2) is 0 Å². The van der Waals surface area contributed by atoms with E-state index in [2.05, 4.69) is 9.89 Å². The summed E-state index contributed by atoms with van der Waals surface area (Å²) in [5.41, 5.74) is 2.76. The van der Waals surface area contributed by atoms with E-state index in [1.54, 1.807) is 44.2 Å². The highest BCUT2D eigenvalue weighted by molar-refractivity contribution is 5.77. The first kappa shape index (κ1) is 23.4. The van der Waals surface area contributed by atoms with Gasteiger partial charge in [0.25, 0.3) is 0 Å². The van der Waals surface area contributed by atoms with E-state index in [0.717, 1.165) is 11.1 Å². The Kier molecular flexibility index (Phi) is 7.22. The molecule has 2 aromatic carbocycles. The quantitative estimate of drug-likeness (QED) is 0.381. The molecule has 0 aliphatic carbocycles. The Morgan fingerprint density at radius 3 is 2.38 bits per heavy atom. The average Bonchev–Trinajstić information content (AvgIpc) is 3.25. The highest BCUT2D eigenvalue weighted by Gasteiger charge is 2.32. The minimum Gasteiger partial charge on any atom is -0.489 e. The SMILES string of the molecule is CC(=O)C[C@@H](c1ccc(OCc2ccc(OC(F)(F)F)c(C(C)C)c2)cc1)c1ccon1. The second-order valence-corrected chi connectivity index (χ2v) is 7.82. The van der Waals surface area contributed by atoms with Crippen LogP contribution in [0, 0.1) is 0 Å². The zero-order chi connectivity index (χ0) is 23.3. The van der Waals surface area contributed by atoms with E-state index in [-0.39, 0.29) is 30.0 Å². The molecule has 0 unspecified atom stereocenters. The van der Waals surface area contributed by atoms with Crippen LogP contribution in [0.15, 0.2) is 59.3 Å². The first-order valence-electron chi connectivity index (χ1n) is 10.1. The fraction of sp³-hybridized carbons (Fsp3) is 0.333. The molecule has 3 aromatic rings. The van der Waals surface area contributed by atoms with Gasteiger partial charge in [-0.1, -0.05) is 37.2 Å². The van der Waals surface area contributed by atoms with E-state index in [4.69, 9.17) is 9.26 Å². The summed E-state index contributed by atoms with van der Waals surface area (Å²) < 4.78 is 52.7. The Morgan fingerprint density at radius 2 is 1.81 bits per heavy atom. The van der Waals surface area contributed by atoms with Gasteiger partial charge in [-0.3, -0.25) is 4.79 Å². The van der Waals surface area contributed by atoms with Gasteiger partial charge in [-0.25, -0.2) is 0 Å². The predicted molar refractivity (Wildman–Crippen MR) is 112 cm³/mol. The zero-order valence-electron chi connectivity index (χ0n) is 18.0. The summed E-state index contributed by atoms with van der Waals surface area (Å²) in [6.07, 6.45) is -2.97. The highest BCUT2D eigenvalue weighted by atomic mass is 19.4. The Labute approximate surface area is 184 Å². The van der Waals surface area contributed by atoms with Crippen LogP contribution in [0.2, 0.25) is 0 Å². The maximum absolute atomic E-state index is 12.6. The van der Waals surface area contributed by atoms with Crippen molar-refractivity contribution in [2.24, 2.45) is 0 Å². The largest absolute Gasteiger partial charge is 0.573 e. The lowest BCUT2D eigenvalue weighted by atomic mass is 9.91. The third kappa shape index (κ3) is 6.35. The van der Waals surface area contributed by atoms with Crippen LogP contribution in [0.4, 0.5) is 13.2 Å². The minimum absolute atomic E-state index is 0.0391. The topological polar surface area (TPSA) is 61.6 Å². The Balaban J connectivity index is 1.71. The number of rotatable bonds is 9. The smallest absolute Gasteiger partial charge is 0.489 e. The highest BCUT2D eigenvalue weighted by Crippen LogP contribution is 2.33. The molecule has 0 amide bonds. The maximum atomic E-state index is 12.6. The molecule has 0 N–H and O–H groups in total. The van der Waals surface area contributed by atoms with Crippen LogP contribution in [-0.2, 0) is 11.4 Å². The summed E-state index contributed by atoms with van der Waals surface area (Å²) in [7, 11) is 0. The first-order valence-corrected chi connectivity index (χ1v) is 10.1. The number of carbonyl (C=O) groups excluding carboxylic acids is 1. The Morgan fingerprint density at radius 1 is 1.09 bits per heavy atom. The fourth-order valence-corrected chi connectivity index (χ4v) is 3.40. The van der Waals surface area contributed by atoms with E-state index < -0.39 is 6.36 Å². The average molecular weight is 447 g/mol. The summed E-state index contributed by atoms with van der Waals surface area (Å²) in [5.74, 6) is 0.0656. The van der Waals surface area contributed by atoms with Crippen molar-refractivity contribution in [3.63, 3.8) is 0 Å². The molecule has 8 heteroatoms. The van der Waals surface area contributed by atoms with E-state index in [1.807, 2.05) is 12.1 Å². The Bertz CT molecular complexity index is 1030. The first-order chi connectivity index (χ1) is 15.1. The van der Waals surface area contributed by atoms with Crippen molar-refractivity contribution in [3.8, 4) is 11.5 Å². The van der Waals surface area contributed by atoms with Gasteiger partial charge in [0, 0.05) is 18.4 Å². The molecule has 3 rings (SSSR count). The molecule has 0 saturated carbocycles. The fourth-order valence-electron chi connectivity index (χ4n) is 3.40. The van der Waals surface area contributed by atoms with Crippen molar-refractivity contribution < 1.29 is 32.0 Å². The van der Waals surface area contributed by atoms with Gasteiger partial charge in [-0.05, 0) is 53.8 Å². The second-order valence-electron chi connectivity index (χ2n) is 7.82. The summed E-state index contributed by atoms with van der Waals surface area (Å²) >= 11 is 0. The molecule has 5 nitrogen and oxygen atoms in total. The molecular weight excluding hydrogens is 423 g/mol. The summed E-state index contributed by atoms with van der Waals surface area (Å²) in [6.45, 7) is 5.31. The molecule has 0 fully saturated rings. The van der Waals surface area contributed by atoms with Crippen molar-refractivity contribution in [3.05, 3.63) is 77.2 Å². The molecule has 0 aliphatic heterocycles. The lowest BCUT2D eigenvalue weighted by molar-refractivity contribution is -0.274. The summed E-state index contributed by atoms with van der Waals surface area (Å²) in [4.78, 5) is 11.7. The van der Waals surface area contributed by atoms with Crippen LogP contribution in [0.3, 0.4) is 0 Å². The number of ether oxygens (including phenoxy) is 2. The van der Waals surface area contributed by atoms with Gasteiger partial charge in [-0.2, -0.15) is 0 Å². The Hall–Kier alpha value is -3.29. The lowest BCUT2D eigenvalue weighted by Gasteiger charge is -2.17. The number of benzene rings is 2. The molecule has 170 valence electrons. The van der Waals surface area contributed by atoms with Crippen LogP contribution in [0.25, 0.3) is 0 Å². The maximum Gasteiger partial charge on any atom is 0.573 e. The van der Waals surface area contributed by atoms with E-state index in [0.29, 0.717) is 23.4 Å². The van der Waals surface area contributed by atoms with E-state index >= 15 is 0 Å². The normalized spacial score (nSPS) is 12.6. The number of hydrogen-bond acceptors (Lipinski definition) is 5. The molecule has 32 heavy (non-hydrogen) atoms. The molecule has 1 atom stereocenters. The number of nitrogens with zero attached hydrogens (tertiary/aromatic N) is 1. The molecule has 0 radical (unpaired) electrons. The third-order valence-electron chi connectivity index (χ3n) is 4.92. The molecule has 0 aliphatic rings. The number of Topliss-reactive ketones (excluding diaryl/α,β-unsaturated/α-hetero) is 1. The summed E-state index contributed by atoms with van der Waals surface area (Å²) in [5, 5.41) is 3.96. The second kappa shape index (κ2) is 9.89. The number of ketones is 1. The molecular formula is C24H24F3NO4. The summed E-state index contributed by atoms with van der Waals surface area (Å²) in [6, 6.07) is 13.5. The van der Waals surface area contributed by atoms with Crippen LogP contribution in [-0.4, -0.2) is 17.3 Å². The molecule has 0 spiro atoms. The van der Waals surface area contributed by atoms with Crippen molar-refractivity contribution in [1.82, 2.24) is 5.16 Å². The molecule has 0 bridgehead atoms. The molecule has 1 heterocycles. The number of hydrogen-bond donors (Lipinski definition) is 0. The molecule has 0 saturated heterocycles. The van der Waals surface area contributed by atoms with Crippen LogP contribution < -0.4 is 9.47 Å². The zero-order valence-corrected chi connectivity index (χ0v) is 18.0. The van der Waals surface area contributed by atoms with Crippen molar-refractivity contribution >= 4 is 5.78 Å². The van der Waals surface area contributed by atoms with Crippen LogP contribution in [0.1, 0.15) is 61.4 Å². The van der Waals surface area contributed by atoms with Crippen molar-refractivity contribution in [1.29, 1.82) is 0 Å². The monoisotopic (exact) mass is 447 g/mol. The van der Waals surface area contributed by atoms with Crippen LogP contribution >= 0.6 is 0 Å². The van der Waals surface area contributed by atoms with Crippen molar-refractivity contribution in [2.75, 3.05) is 0 Å². The lowest BCUT2D eigenvalue weighted by Crippen LogP contribution is -2.18. The van der Waals surface area contributed by atoms with Crippen molar-refractivity contribution in [2.45, 2.75) is 52.0 Å². The van der Waals surface area contributed by atoms with Gasteiger partial charge >= 0.3 is 6.36 Å². The predicted octanol–water partition coefficient (Wildman–Crippen LogP) is 6.39. The van der Waals surface area contributed by atoms with Gasteiger partial charge < -0.3 is 14.0 Å². The van der Waals surface area contributed by atoms with E-state index in [9.17, 15) is 18.0 Å². The van der Waals surface area contributed by atoms with Crippen LogP contribution in [0.5, 0.6) is 11.5 Å².